The van der Waals surface area contributed by atoms with E-state index in [0.717, 1.165) is 0 Å². The Morgan fingerprint density at radius 1 is 1.31 bits per heavy atom. The molecule has 0 atom stereocenters. The summed E-state index contributed by atoms with van der Waals surface area (Å²) in [6, 6.07) is 0. The fourth-order valence-electron chi connectivity index (χ4n) is 0.783. The van der Waals surface area contributed by atoms with E-state index >= 15 is 0 Å². The number of ether oxygens (including phenoxy) is 1. The van der Waals surface area contributed by atoms with Gasteiger partial charge in [0.1, 0.15) is 0 Å². The van der Waals surface area contributed by atoms with E-state index in [1.54, 1.807) is 0 Å². The van der Waals surface area contributed by atoms with Crippen LogP contribution in [0.15, 0.2) is 0 Å². The molecule has 0 amide bonds. The first-order valence-corrected chi connectivity index (χ1v) is 5.34. The van der Waals surface area contributed by atoms with Crippen molar-refractivity contribution in [3.63, 3.8) is 0 Å². The maximum Gasteiger partial charge on any atom is 0.306 e. The average molecular weight is 251 g/mol. The Kier molecular flexibility index (Phi) is 4.43. The molecule has 0 saturated heterocycles. The van der Waals surface area contributed by atoms with Gasteiger partial charge in [-0.3, -0.25) is 4.79 Å². The van der Waals surface area contributed by atoms with Crippen molar-refractivity contribution in [2.75, 3.05) is 6.61 Å². The summed E-state index contributed by atoms with van der Waals surface area (Å²) in [7, 11) is 0. The van der Waals surface area contributed by atoms with Crippen LogP contribution in [0.3, 0.4) is 0 Å². The van der Waals surface area contributed by atoms with E-state index in [1.807, 2.05) is 6.92 Å². The smallest absolute Gasteiger partial charge is 0.306 e. The van der Waals surface area contributed by atoms with Gasteiger partial charge in [-0.2, -0.15) is 0 Å². The second-order valence-corrected chi connectivity index (χ2v) is 6.32. The molecule has 0 N–H and O–H groups in total. The highest BCUT2D eigenvalue weighted by molar-refractivity contribution is 9.10. The fourth-order valence-corrected chi connectivity index (χ4v) is 0.923. The molecule has 0 saturated carbocycles. The van der Waals surface area contributed by atoms with Gasteiger partial charge in [0.25, 0.3) is 0 Å². The van der Waals surface area contributed by atoms with E-state index in [9.17, 15) is 4.79 Å². The van der Waals surface area contributed by atoms with Crippen LogP contribution in [0, 0.1) is 5.41 Å². The lowest BCUT2D eigenvalue weighted by molar-refractivity contribution is -0.145. The normalized spacial score (nSPS) is 12.8. The highest BCUT2D eigenvalue weighted by Gasteiger charge is 2.36. The van der Waals surface area contributed by atoms with Crippen LogP contribution in [-0.4, -0.2) is 16.9 Å². The molecule has 3 heteroatoms. The van der Waals surface area contributed by atoms with Gasteiger partial charge in [-0.15, -0.1) is 0 Å². The summed E-state index contributed by atoms with van der Waals surface area (Å²) in [5.41, 5.74) is -0.0980. The van der Waals surface area contributed by atoms with E-state index in [-0.39, 0.29) is 15.7 Å². The van der Waals surface area contributed by atoms with Gasteiger partial charge >= 0.3 is 5.97 Å². The predicted molar refractivity (Wildman–Crippen MR) is 58.0 cm³/mol. The van der Waals surface area contributed by atoms with Crippen molar-refractivity contribution in [2.45, 2.75) is 45.4 Å². The topological polar surface area (TPSA) is 26.3 Å². The standard InChI is InChI=1S/C10H19BrO2/c1-6-13-8(12)7-9(2,3)10(4,5)11/h6-7H2,1-5H3. The molecule has 0 aliphatic carbocycles. The Bertz CT molecular complexity index is 180. The molecule has 0 aliphatic heterocycles. The van der Waals surface area contributed by atoms with E-state index < -0.39 is 0 Å². The second kappa shape index (κ2) is 4.45. The first-order valence-electron chi connectivity index (χ1n) is 4.55. The van der Waals surface area contributed by atoms with Gasteiger partial charge in [0.15, 0.2) is 0 Å². The first kappa shape index (κ1) is 12.9. The summed E-state index contributed by atoms with van der Waals surface area (Å²) in [5.74, 6) is -0.125. The van der Waals surface area contributed by atoms with Crippen molar-refractivity contribution >= 4 is 21.9 Å². The van der Waals surface area contributed by atoms with Gasteiger partial charge in [-0.1, -0.05) is 29.8 Å². The SMILES string of the molecule is CCOC(=O)CC(C)(C)C(C)(C)Br. The average Bonchev–Trinajstić information content (AvgIpc) is 1.83. The third-order valence-corrected chi connectivity index (χ3v) is 3.57. The lowest BCUT2D eigenvalue weighted by Crippen LogP contribution is -2.35. The molecule has 78 valence electrons. The van der Waals surface area contributed by atoms with Crippen molar-refractivity contribution in [1.29, 1.82) is 0 Å². The minimum Gasteiger partial charge on any atom is -0.466 e. The monoisotopic (exact) mass is 250 g/mol. The summed E-state index contributed by atoms with van der Waals surface area (Å²) >= 11 is 3.57. The molecule has 0 aromatic heterocycles. The zero-order valence-corrected chi connectivity index (χ0v) is 10.7. The highest BCUT2D eigenvalue weighted by atomic mass is 79.9. The molecule has 0 bridgehead atoms. The Hall–Kier alpha value is -0.0500. The minimum atomic E-state index is -0.125. The predicted octanol–water partition coefficient (Wildman–Crippen LogP) is 3.14. The van der Waals surface area contributed by atoms with Crippen molar-refractivity contribution < 1.29 is 9.53 Å². The van der Waals surface area contributed by atoms with Crippen LogP contribution in [0.1, 0.15) is 41.0 Å². The second-order valence-electron chi connectivity index (χ2n) is 4.34. The van der Waals surface area contributed by atoms with Crippen LogP contribution < -0.4 is 0 Å². The molecule has 0 rings (SSSR count). The molecule has 0 aromatic carbocycles. The quantitative estimate of drug-likeness (QED) is 0.566. The lowest BCUT2D eigenvalue weighted by Gasteiger charge is -2.36. The summed E-state index contributed by atoms with van der Waals surface area (Å²) in [6.07, 6.45) is 0.444. The Morgan fingerprint density at radius 2 is 1.77 bits per heavy atom. The maximum absolute atomic E-state index is 11.3. The van der Waals surface area contributed by atoms with Crippen LogP contribution >= 0.6 is 15.9 Å². The van der Waals surface area contributed by atoms with E-state index in [4.69, 9.17) is 4.74 Å². The molecule has 13 heavy (non-hydrogen) atoms. The number of carbonyl (C=O) groups excluding carboxylic acids is 1. The van der Waals surface area contributed by atoms with E-state index in [1.165, 1.54) is 0 Å². The fraction of sp³-hybridized carbons (Fsp3) is 0.900. The summed E-state index contributed by atoms with van der Waals surface area (Å²) in [5, 5.41) is 0. The number of halogens is 1. The molecule has 0 heterocycles. The lowest BCUT2D eigenvalue weighted by atomic mass is 9.78. The van der Waals surface area contributed by atoms with Crippen molar-refractivity contribution in [3.05, 3.63) is 0 Å². The molecular formula is C10H19BrO2. The van der Waals surface area contributed by atoms with Gasteiger partial charge in [-0.05, 0) is 26.2 Å². The van der Waals surface area contributed by atoms with Gasteiger partial charge < -0.3 is 4.74 Å². The minimum absolute atomic E-state index is 0.0627. The Morgan fingerprint density at radius 3 is 2.08 bits per heavy atom. The molecule has 2 nitrogen and oxygen atoms in total. The third-order valence-electron chi connectivity index (χ3n) is 2.50. The highest BCUT2D eigenvalue weighted by Crippen LogP contribution is 2.40. The molecule has 0 radical (unpaired) electrons. The maximum atomic E-state index is 11.3. The number of hydrogen-bond acceptors (Lipinski definition) is 2. The van der Waals surface area contributed by atoms with E-state index in [0.29, 0.717) is 13.0 Å². The van der Waals surface area contributed by atoms with Crippen molar-refractivity contribution in [2.24, 2.45) is 5.41 Å². The van der Waals surface area contributed by atoms with Crippen molar-refractivity contribution in [1.82, 2.24) is 0 Å². The van der Waals surface area contributed by atoms with Crippen LogP contribution in [0.2, 0.25) is 0 Å². The molecule has 0 aromatic rings. The third kappa shape index (κ3) is 4.12. The first-order chi connectivity index (χ1) is 5.70. The van der Waals surface area contributed by atoms with E-state index in [2.05, 4.69) is 43.6 Å². The molecule has 0 aliphatic rings. The molecular weight excluding hydrogens is 232 g/mol. The number of rotatable bonds is 4. The van der Waals surface area contributed by atoms with Crippen LogP contribution in [0.25, 0.3) is 0 Å². The van der Waals surface area contributed by atoms with Gasteiger partial charge in [0.05, 0.1) is 13.0 Å². The number of alkyl halides is 1. The zero-order valence-electron chi connectivity index (χ0n) is 9.11. The van der Waals surface area contributed by atoms with Crippen molar-refractivity contribution in [3.8, 4) is 0 Å². The summed E-state index contributed by atoms with van der Waals surface area (Å²) in [4.78, 5) is 11.3. The van der Waals surface area contributed by atoms with Crippen LogP contribution in [-0.2, 0) is 9.53 Å². The molecule has 0 spiro atoms. The Balaban J connectivity index is 4.26. The summed E-state index contributed by atoms with van der Waals surface area (Å²) < 4.78 is 4.85. The summed E-state index contributed by atoms with van der Waals surface area (Å²) in [6.45, 7) is 10.5. The van der Waals surface area contributed by atoms with Crippen LogP contribution in [0.4, 0.5) is 0 Å². The number of esters is 1. The van der Waals surface area contributed by atoms with Gasteiger partial charge in [-0.25, -0.2) is 0 Å². The Labute approximate surface area is 89.2 Å². The van der Waals surface area contributed by atoms with Gasteiger partial charge in [0.2, 0.25) is 0 Å². The zero-order chi connectivity index (χ0) is 10.7. The molecule has 0 fully saturated rings. The number of hydrogen-bond donors (Lipinski definition) is 0. The number of carbonyl (C=O) groups is 1. The molecule has 0 unspecified atom stereocenters. The largest absolute Gasteiger partial charge is 0.466 e. The van der Waals surface area contributed by atoms with Crippen LogP contribution in [0.5, 0.6) is 0 Å². The van der Waals surface area contributed by atoms with Gasteiger partial charge in [0, 0.05) is 4.32 Å².